The number of halogens is 2. The highest BCUT2D eigenvalue weighted by atomic mass is 35.5. The van der Waals surface area contributed by atoms with Gasteiger partial charge >= 0.3 is 11.7 Å². The molecule has 2 fully saturated rings. The number of methoxy groups -OCH3 is 1. The van der Waals surface area contributed by atoms with Crippen LogP contribution >= 0.6 is 23.2 Å². The van der Waals surface area contributed by atoms with Crippen LogP contribution in [0.3, 0.4) is 0 Å². The lowest BCUT2D eigenvalue weighted by atomic mass is 9.99. The van der Waals surface area contributed by atoms with E-state index < -0.39 is 17.2 Å². The highest BCUT2D eigenvalue weighted by Gasteiger charge is 2.60. The van der Waals surface area contributed by atoms with E-state index in [0.29, 0.717) is 44.0 Å². The number of aryl methyl sites for hydroxylation is 2. The quantitative estimate of drug-likeness (QED) is 0.221. The highest BCUT2D eigenvalue weighted by molar-refractivity contribution is 6.39. The topological polar surface area (TPSA) is 132 Å². The number of aromatic nitrogens is 4. The van der Waals surface area contributed by atoms with Gasteiger partial charge in [0.15, 0.2) is 0 Å². The van der Waals surface area contributed by atoms with Crippen molar-refractivity contribution in [2.24, 2.45) is 31.8 Å². The van der Waals surface area contributed by atoms with Crippen LogP contribution in [0.25, 0.3) is 33.3 Å². The average Bonchev–Trinajstić information content (AvgIpc) is 3.37. The van der Waals surface area contributed by atoms with Gasteiger partial charge in [-0.25, -0.2) is 14.8 Å². The molecule has 0 spiro atoms. The lowest BCUT2D eigenvalue weighted by Crippen LogP contribution is -2.37. The minimum absolute atomic E-state index is 0.144. The molecule has 13 heteroatoms. The van der Waals surface area contributed by atoms with Crippen LogP contribution in [0.2, 0.25) is 10.0 Å². The number of hydrogen-bond acceptors (Lipinski definition) is 8. The fourth-order valence-corrected chi connectivity index (χ4v) is 8.54. The number of hydrogen-bond donors (Lipinski definition) is 2. The number of aliphatic carboxylic acids is 1. The van der Waals surface area contributed by atoms with E-state index >= 15 is 0 Å². The second-order valence-electron chi connectivity index (χ2n) is 13.0. The number of piperidine rings is 1. The predicted molar refractivity (Wildman–Crippen MR) is 188 cm³/mol. The molecule has 0 amide bonds. The number of pyridine rings is 2. The smallest absolute Gasteiger partial charge is 0.330 e. The number of nitrogens with one attached hydrogen (secondary N) is 1. The van der Waals surface area contributed by atoms with E-state index in [2.05, 4.69) is 21.3 Å². The number of ether oxygens (including phenoxy) is 1. The van der Waals surface area contributed by atoms with Crippen LogP contribution < -0.4 is 21.3 Å². The van der Waals surface area contributed by atoms with Crippen molar-refractivity contribution >= 4 is 51.6 Å². The van der Waals surface area contributed by atoms with E-state index in [1.54, 1.807) is 26.3 Å². The Hall–Kier alpha value is -4.71. The lowest BCUT2D eigenvalue weighted by Gasteiger charge is -2.27. The van der Waals surface area contributed by atoms with Crippen molar-refractivity contribution in [3.8, 4) is 28.3 Å². The molecule has 3 atom stereocenters. The second-order valence-corrected chi connectivity index (χ2v) is 13.8. The van der Waals surface area contributed by atoms with Crippen LogP contribution in [0, 0.1) is 17.8 Å². The molecule has 8 rings (SSSR count). The number of carbonyl (C=O) groups is 1. The molecule has 0 bridgehead atoms. The predicted octanol–water partition coefficient (Wildman–Crippen LogP) is 5.67. The maximum atomic E-state index is 13.1. The van der Waals surface area contributed by atoms with Gasteiger partial charge in [-0.2, -0.15) is 0 Å². The zero-order valence-electron chi connectivity index (χ0n) is 26.9. The highest BCUT2D eigenvalue weighted by Crippen LogP contribution is 2.55. The molecule has 49 heavy (non-hydrogen) atoms. The third kappa shape index (κ3) is 4.94. The molecule has 2 aliphatic carbocycles. The first kappa shape index (κ1) is 31.6. The van der Waals surface area contributed by atoms with Crippen LogP contribution in [0.15, 0.2) is 64.3 Å². The third-order valence-electron chi connectivity index (χ3n) is 10.5. The summed E-state index contributed by atoms with van der Waals surface area (Å²) in [4.78, 5) is 48.9. The molecule has 0 radical (unpaired) electrons. The Morgan fingerprint density at radius 1 is 0.980 bits per heavy atom. The molecular weight excluding hydrogens is 667 g/mol. The summed E-state index contributed by atoms with van der Waals surface area (Å²) in [6.07, 6.45) is 3.31. The molecular formula is C36H32Cl2N6O5. The molecule has 4 heterocycles. The van der Waals surface area contributed by atoms with Gasteiger partial charge in [-0.05, 0) is 48.4 Å². The molecule has 5 aromatic rings. The summed E-state index contributed by atoms with van der Waals surface area (Å²) >= 11 is 14.2. The van der Waals surface area contributed by atoms with Crippen molar-refractivity contribution in [1.29, 1.82) is 0 Å². The number of likely N-dealkylation sites (tertiary alicyclic amines) is 1. The first-order valence-corrected chi connectivity index (χ1v) is 16.8. The van der Waals surface area contributed by atoms with E-state index in [1.165, 1.54) is 17.8 Å². The maximum absolute atomic E-state index is 13.1. The van der Waals surface area contributed by atoms with Gasteiger partial charge in [0.05, 0.1) is 40.0 Å². The Morgan fingerprint density at radius 2 is 1.67 bits per heavy atom. The summed E-state index contributed by atoms with van der Waals surface area (Å²) in [5, 5.41) is 13.8. The molecule has 2 aromatic carbocycles. The fourth-order valence-electron chi connectivity index (χ4n) is 7.94. The molecule has 3 aromatic heterocycles. The van der Waals surface area contributed by atoms with Crippen LogP contribution in [-0.2, 0) is 25.3 Å². The van der Waals surface area contributed by atoms with Crippen molar-refractivity contribution in [3.63, 3.8) is 0 Å². The Balaban J connectivity index is 1.13. The number of carboxylic acids is 1. The van der Waals surface area contributed by atoms with Crippen molar-refractivity contribution in [2.45, 2.75) is 18.9 Å². The summed E-state index contributed by atoms with van der Waals surface area (Å²) < 4.78 is 8.31. The Morgan fingerprint density at radius 3 is 2.39 bits per heavy atom. The van der Waals surface area contributed by atoms with Crippen LogP contribution in [-0.4, -0.2) is 55.3 Å². The van der Waals surface area contributed by atoms with Crippen LogP contribution in [0.5, 0.6) is 5.88 Å². The van der Waals surface area contributed by atoms with Gasteiger partial charge < -0.3 is 15.2 Å². The van der Waals surface area contributed by atoms with E-state index in [9.17, 15) is 19.5 Å². The lowest BCUT2D eigenvalue weighted by molar-refractivity contribution is -0.139. The standard InChI is InChI=1S/C36H32Cl2N6O5/c1-42-25-12-13-39-32(29(25)34(45)43(2)36(42)48)40-23-9-5-7-19(31(23)38)18-6-4-8-20(30(18)37)24-14-17-10-11-26(27(17)33(41-24)49-3)44-15-21-22(16-44)28(21)35(46)47/h4-9,12-14,21-22,26,28H,10-11,15-16H2,1-3H3,(H,39,40)(H,46,47). The molecule has 11 nitrogen and oxygen atoms in total. The summed E-state index contributed by atoms with van der Waals surface area (Å²) in [6, 6.07) is 15.1. The van der Waals surface area contributed by atoms with E-state index in [-0.39, 0.29) is 35.0 Å². The normalized spacial score (nSPS) is 21.1. The van der Waals surface area contributed by atoms with E-state index in [0.717, 1.165) is 47.2 Å². The first-order valence-electron chi connectivity index (χ1n) is 16.0. The summed E-state index contributed by atoms with van der Waals surface area (Å²) in [5.74, 6) is 0.395. The molecule has 1 aliphatic heterocycles. The second kappa shape index (κ2) is 11.7. The summed E-state index contributed by atoms with van der Waals surface area (Å²) in [7, 11) is 4.66. The van der Waals surface area contributed by atoms with Crippen molar-refractivity contribution in [2.75, 3.05) is 25.5 Å². The Bertz CT molecular complexity index is 2330. The van der Waals surface area contributed by atoms with Gasteiger partial charge in [0, 0.05) is 61.7 Å². The molecule has 250 valence electrons. The first-order chi connectivity index (χ1) is 23.6. The zero-order valence-corrected chi connectivity index (χ0v) is 28.4. The van der Waals surface area contributed by atoms with Crippen LogP contribution in [0.4, 0.5) is 11.5 Å². The fraction of sp³-hybridized carbons (Fsp3) is 0.306. The number of benzene rings is 2. The largest absolute Gasteiger partial charge is 0.481 e. The van der Waals surface area contributed by atoms with Gasteiger partial charge in [-0.3, -0.25) is 23.6 Å². The van der Waals surface area contributed by atoms with Gasteiger partial charge in [0.25, 0.3) is 5.56 Å². The van der Waals surface area contributed by atoms with E-state index in [4.69, 9.17) is 32.9 Å². The summed E-state index contributed by atoms with van der Waals surface area (Å²) in [6.45, 7) is 1.57. The SMILES string of the molecule is COc1nc(-c2cccc(-c3cccc(Nc4nccc5c4c(=O)n(C)c(=O)n5C)c3Cl)c2Cl)cc2c1C(N1CC3C(C1)C3C(=O)O)CC2. The monoisotopic (exact) mass is 698 g/mol. The number of rotatable bonds is 7. The number of carboxylic acid groups (broad SMARTS) is 1. The summed E-state index contributed by atoms with van der Waals surface area (Å²) in [5.41, 5.74) is 5.05. The van der Waals surface area contributed by atoms with E-state index in [1.807, 2.05) is 30.3 Å². The number of anilines is 2. The van der Waals surface area contributed by atoms with Gasteiger partial charge in [-0.1, -0.05) is 53.5 Å². The van der Waals surface area contributed by atoms with Gasteiger partial charge in [0.1, 0.15) is 11.2 Å². The number of fused-ring (bicyclic) bond motifs is 3. The molecule has 3 unspecified atom stereocenters. The average molecular weight is 700 g/mol. The van der Waals surface area contributed by atoms with Crippen molar-refractivity contribution in [3.05, 3.63) is 96.7 Å². The van der Waals surface area contributed by atoms with Crippen LogP contribution in [0.1, 0.15) is 23.6 Å². The minimum Gasteiger partial charge on any atom is -0.481 e. The molecule has 1 saturated carbocycles. The maximum Gasteiger partial charge on any atom is 0.330 e. The van der Waals surface area contributed by atoms with Gasteiger partial charge in [0.2, 0.25) is 5.88 Å². The minimum atomic E-state index is -0.684. The number of nitrogens with zero attached hydrogens (tertiary/aromatic N) is 5. The zero-order chi connectivity index (χ0) is 34.3. The molecule has 1 saturated heterocycles. The third-order valence-corrected chi connectivity index (χ3v) is 11.3. The van der Waals surface area contributed by atoms with Gasteiger partial charge in [-0.15, -0.1) is 0 Å². The van der Waals surface area contributed by atoms with Crippen molar-refractivity contribution < 1.29 is 14.6 Å². The van der Waals surface area contributed by atoms with Crippen molar-refractivity contribution in [1.82, 2.24) is 24.0 Å². The molecule has 2 N–H and O–H groups in total. The molecule has 3 aliphatic rings. The Kier molecular flexibility index (Phi) is 7.54. The Labute approximate surface area is 290 Å².